The second kappa shape index (κ2) is 12.9. The summed E-state index contributed by atoms with van der Waals surface area (Å²) in [6.07, 6.45) is 9.48. The van der Waals surface area contributed by atoms with Crippen LogP contribution in [0.4, 0.5) is 0 Å². The Morgan fingerprint density at radius 1 is 0.947 bits per heavy atom. The molecule has 0 unspecified atom stereocenters. The first-order chi connectivity index (χ1) is 18.5. The summed E-state index contributed by atoms with van der Waals surface area (Å²) in [6.45, 7) is 0.108. The summed E-state index contributed by atoms with van der Waals surface area (Å²) in [5, 5.41) is 3.21. The van der Waals surface area contributed by atoms with Gasteiger partial charge in [-0.25, -0.2) is 4.98 Å². The Labute approximate surface area is 223 Å². The van der Waals surface area contributed by atoms with Gasteiger partial charge in [-0.3, -0.25) is 14.6 Å². The van der Waals surface area contributed by atoms with Crippen molar-refractivity contribution >= 4 is 11.8 Å². The standard InChI is InChI=1S/C29H34N4O5/c1-36-24-12-8-7-9-21(24)19-33(29(35)23-18-30-15-16-31-23)27(28(34)32-22-10-5-4-6-11-22)20-13-14-25(37-2)26(17-20)38-3/h7-9,12-18,22,27H,4-6,10-11,19H2,1-3H3,(H,32,34)/t27-/m0/s1. The SMILES string of the molecule is COc1ccccc1CN(C(=O)c1cnccn1)[C@H](C(=O)NC1CCCCC1)c1ccc(OC)c(OC)c1. The maximum atomic E-state index is 14.0. The van der Waals surface area contributed by atoms with Crippen LogP contribution in [0.25, 0.3) is 0 Å². The van der Waals surface area contributed by atoms with Gasteiger partial charge in [-0.2, -0.15) is 0 Å². The number of carbonyl (C=O) groups is 2. The minimum absolute atomic E-state index is 0.0543. The molecule has 38 heavy (non-hydrogen) atoms. The molecule has 9 heteroatoms. The van der Waals surface area contributed by atoms with Crippen molar-refractivity contribution in [1.29, 1.82) is 0 Å². The number of hydrogen-bond acceptors (Lipinski definition) is 7. The molecule has 0 saturated heterocycles. The number of para-hydroxylation sites is 1. The summed E-state index contributed by atoms with van der Waals surface area (Å²) < 4.78 is 16.5. The van der Waals surface area contributed by atoms with Crippen LogP contribution in [0.3, 0.4) is 0 Å². The number of hydrogen-bond donors (Lipinski definition) is 1. The van der Waals surface area contributed by atoms with Gasteiger partial charge in [0.2, 0.25) is 5.91 Å². The van der Waals surface area contributed by atoms with Crippen LogP contribution in [0.2, 0.25) is 0 Å². The quantitative estimate of drug-likeness (QED) is 0.426. The van der Waals surface area contributed by atoms with Crippen molar-refractivity contribution in [2.45, 2.75) is 50.7 Å². The van der Waals surface area contributed by atoms with E-state index in [9.17, 15) is 9.59 Å². The lowest BCUT2D eigenvalue weighted by atomic mass is 9.94. The van der Waals surface area contributed by atoms with E-state index in [0.717, 1.165) is 37.7 Å². The molecular weight excluding hydrogens is 484 g/mol. The second-order valence-electron chi connectivity index (χ2n) is 9.20. The van der Waals surface area contributed by atoms with Gasteiger partial charge in [0.15, 0.2) is 11.5 Å². The molecule has 3 aromatic rings. The molecule has 2 amide bonds. The van der Waals surface area contributed by atoms with Crippen molar-refractivity contribution in [3.8, 4) is 17.2 Å². The van der Waals surface area contributed by atoms with Crippen molar-refractivity contribution in [3.05, 3.63) is 77.9 Å². The van der Waals surface area contributed by atoms with Gasteiger partial charge in [0.1, 0.15) is 17.5 Å². The summed E-state index contributed by atoms with van der Waals surface area (Å²) in [6, 6.07) is 11.8. The Kier molecular flexibility index (Phi) is 9.13. The predicted octanol–water partition coefficient (Wildman–Crippen LogP) is 4.34. The van der Waals surface area contributed by atoms with E-state index in [4.69, 9.17) is 14.2 Å². The van der Waals surface area contributed by atoms with Crippen molar-refractivity contribution in [1.82, 2.24) is 20.2 Å². The minimum Gasteiger partial charge on any atom is -0.496 e. The molecular formula is C29H34N4O5. The third-order valence-electron chi connectivity index (χ3n) is 6.81. The van der Waals surface area contributed by atoms with E-state index < -0.39 is 11.9 Å². The summed E-state index contributed by atoms with van der Waals surface area (Å²) >= 11 is 0. The first-order valence-electron chi connectivity index (χ1n) is 12.8. The molecule has 0 spiro atoms. The number of rotatable bonds is 10. The van der Waals surface area contributed by atoms with Gasteiger partial charge in [-0.15, -0.1) is 0 Å². The van der Waals surface area contributed by atoms with Crippen molar-refractivity contribution in [2.75, 3.05) is 21.3 Å². The third kappa shape index (κ3) is 6.22. The fourth-order valence-electron chi connectivity index (χ4n) is 4.88. The van der Waals surface area contributed by atoms with Gasteiger partial charge in [0.25, 0.3) is 5.91 Å². The van der Waals surface area contributed by atoms with Crippen molar-refractivity contribution < 1.29 is 23.8 Å². The van der Waals surface area contributed by atoms with E-state index in [-0.39, 0.29) is 24.2 Å². The lowest BCUT2D eigenvalue weighted by Crippen LogP contribution is -2.47. The van der Waals surface area contributed by atoms with E-state index in [1.54, 1.807) is 32.4 Å². The molecule has 200 valence electrons. The number of methoxy groups -OCH3 is 3. The van der Waals surface area contributed by atoms with Crippen LogP contribution in [-0.4, -0.2) is 54.1 Å². The first-order valence-corrected chi connectivity index (χ1v) is 12.8. The molecule has 0 aliphatic heterocycles. The molecule has 0 bridgehead atoms. The Morgan fingerprint density at radius 2 is 1.68 bits per heavy atom. The predicted molar refractivity (Wildman–Crippen MR) is 142 cm³/mol. The highest BCUT2D eigenvalue weighted by atomic mass is 16.5. The zero-order valence-electron chi connectivity index (χ0n) is 22.1. The van der Waals surface area contributed by atoms with Gasteiger partial charge in [0.05, 0.1) is 34.1 Å². The summed E-state index contributed by atoms with van der Waals surface area (Å²) in [5.41, 5.74) is 1.48. The molecule has 2 aromatic carbocycles. The van der Waals surface area contributed by atoms with Crippen LogP contribution in [0.1, 0.15) is 59.8 Å². The van der Waals surface area contributed by atoms with Gasteiger partial charge >= 0.3 is 0 Å². The van der Waals surface area contributed by atoms with Gasteiger partial charge < -0.3 is 24.4 Å². The average Bonchev–Trinajstić information content (AvgIpc) is 2.97. The number of benzene rings is 2. The molecule has 1 aliphatic carbocycles. The van der Waals surface area contributed by atoms with E-state index in [2.05, 4.69) is 15.3 Å². The van der Waals surface area contributed by atoms with Crippen molar-refractivity contribution in [3.63, 3.8) is 0 Å². The number of aromatic nitrogens is 2. The van der Waals surface area contributed by atoms with E-state index in [1.807, 2.05) is 24.3 Å². The zero-order chi connectivity index (χ0) is 26.9. The molecule has 0 radical (unpaired) electrons. The highest BCUT2D eigenvalue weighted by Gasteiger charge is 2.35. The van der Waals surface area contributed by atoms with Crippen LogP contribution in [0, 0.1) is 0 Å². The topological polar surface area (TPSA) is 103 Å². The van der Waals surface area contributed by atoms with Crippen LogP contribution in [0.15, 0.2) is 61.1 Å². The molecule has 1 heterocycles. The molecule has 1 aromatic heterocycles. The monoisotopic (exact) mass is 518 g/mol. The second-order valence-corrected chi connectivity index (χ2v) is 9.20. The summed E-state index contributed by atoms with van der Waals surface area (Å²) in [7, 11) is 4.67. The Balaban J connectivity index is 1.82. The Hall–Kier alpha value is -4.14. The van der Waals surface area contributed by atoms with Crippen LogP contribution in [-0.2, 0) is 11.3 Å². The smallest absolute Gasteiger partial charge is 0.275 e. The molecule has 4 rings (SSSR count). The number of nitrogens with zero attached hydrogens (tertiary/aromatic N) is 3. The average molecular weight is 519 g/mol. The van der Waals surface area contributed by atoms with E-state index in [1.165, 1.54) is 30.6 Å². The molecule has 1 fully saturated rings. The Bertz CT molecular complexity index is 1230. The summed E-state index contributed by atoms with van der Waals surface area (Å²) in [5.74, 6) is 0.908. The maximum Gasteiger partial charge on any atom is 0.275 e. The molecule has 1 N–H and O–H groups in total. The van der Waals surface area contributed by atoms with Crippen LogP contribution in [0.5, 0.6) is 17.2 Å². The molecule has 1 atom stereocenters. The number of carbonyl (C=O) groups excluding carboxylic acids is 2. The first kappa shape index (κ1) is 26.9. The fourth-order valence-corrected chi connectivity index (χ4v) is 4.88. The zero-order valence-corrected chi connectivity index (χ0v) is 22.1. The fraction of sp³-hybridized carbons (Fsp3) is 0.379. The number of amides is 2. The molecule has 9 nitrogen and oxygen atoms in total. The molecule has 1 saturated carbocycles. The van der Waals surface area contributed by atoms with E-state index in [0.29, 0.717) is 22.8 Å². The van der Waals surface area contributed by atoms with E-state index >= 15 is 0 Å². The van der Waals surface area contributed by atoms with Gasteiger partial charge in [-0.05, 0) is 36.6 Å². The summed E-state index contributed by atoms with van der Waals surface area (Å²) in [4.78, 5) is 37.9. The van der Waals surface area contributed by atoms with Crippen LogP contribution >= 0.6 is 0 Å². The maximum absolute atomic E-state index is 14.0. The minimum atomic E-state index is -0.976. The van der Waals surface area contributed by atoms with Crippen molar-refractivity contribution in [2.24, 2.45) is 0 Å². The lowest BCUT2D eigenvalue weighted by molar-refractivity contribution is -0.127. The number of ether oxygens (including phenoxy) is 3. The molecule has 1 aliphatic rings. The van der Waals surface area contributed by atoms with Crippen LogP contribution < -0.4 is 19.5 Å². The highest BCUT2D eigenvalue weighted by molar-refractivity contribution is 5.96. The third-order valence-corrected chi connectivity index (χ3v) is 6.81. The van der Waals surface area contributed by atoms with Gasteiger partial charge in [0, 0.05) is 24.0 Å². The Morgan fingerprint density at radius 3 is 2.37 bits per heavy atom. The highest BCUT2D eigenvalue weighted by Crippen LogP contribution is 2.34. The normalized spacial score (nSPS) is 14.3. The largest absolute Gasteiger partial charge is 0.496 e. The lowest BCUT2D eigenvalue weighted by Gasteiger charge is -2.33. The number of nitrogens with one attached hydrogen (secondary N) is 1. The van der Waals surface area contributed by atoms with Gasteiger partial charge in [-0.1, -0.05) is 43.5 Å².